The molecule has 0 atom stereocenters. The fourth-order valence-electron chi connectivity index (χ4n) is 1.39. The number of benzene rings is 2. The molecule has 108 valence electrons. The van der Waals surface area contributed by atoms with Crippen LogP contribution in [0, 0.1) is 0 Å². The van der Waals surface area contributed by atoms with Crippen LogP contribution in [-0.2, 0) is 12.6 Å². The van der Waals surface area contributed by atoms with Crippen molar-refractivity contribution in [3.05, 3.63) is 69.7 Å². The Balaban J connectivity index is 0.000000200. The molecule has 0 radical (unpaired) electrons. The summed E-state index contributed by atoms with van der Waals surface area (Å²) in [5.74, 6) is 0. The fraction of sp³-hybridized carbons (Fsp3) is 0.200. The van der Waals surface area contributed by atoms with E-state index >= 15 is 0 Å². The van der Waals surface area contributed by atoms with Crippen molar-refractivity contribution in [1.82, 2.24) is 0 Å². The molecule has 0 amide bonds. The second-order valence-corrected chi connectivity index (χ2v) is 4.78. The van der Waals surface area contributed by atoms with Gasteiger partial charge in [0.15, 0.2) is 0 Å². The smallest absolute Gasteiger partial charge is 0.166 e. The molecule has 0 aromatic heterocycles. The Hall–Kier alpha value is -1.19. The summed E-state index contributed by atoms with van der Waals surface area (Å²) >= 11 is 11.5. The second-order valence-electron chi connectivity index (χ2n) is 3.97. The van der Waals surface area contributed by atoms with Crippen LogP contribution in [0.25, 0.3) is 0 Å². The number of rotatable bonds is 1. The molecule has 0 nitrogen and oxygen atoms in total. The number of aryl methyl sites for hydroxylation is 1. The molecule has 0 heterocycles. The molecule has 0 saturated heterocycles. The van der Waals surface area contributed by atoms with E-state index < -0.39 is 11.7 Å². The molecule has 2 aromatic rings. The Morgan fingerprint density at radius 1 is 0.900 bits per heavy atom. The van der Waals surface area contributed by atoms with E-state index in [0.29, 0.717) is 10.0 Å². The average Bonchev–Trinajstić information content (AvgIpc) is 2.43. The molecule has 2 aromatic carbocycles. The van der Waals surface area contributed by atoms with Gasteiger partial charge in [0.1, 0.15) is 0 Å². The molecule has 0 aliphatic carbocycles. The minimum atomic E-state index is -4.21. The van der Waals surface area contributed by atoms with Crippen LogP contribution < -0.4 is 0 Å². The summed E-state index contributed by atoms with van der Waals surface area (Å²) < 4.78 is 35.4. The van der Waals surface area contributed by atoms with Crippen molar-refractivity contribution in [3.8, 4) is 0 Å². The molecule has 0 unspecified atom stereocenters. The number of hydrogen-bond acceptors (Lipinski definition) is 0. The van der Waals surface area contributed by atoms with E-state index in [1.165, 1.54) is 17.7 Å². The maximum Gasteiger partial charge on any atom is 0.416 e. The van der Waals surface area contributed by atoms with Crippen LogP contribution in [0.5, 0.6) is 0 Å². The monoisotopic (exact) mass is 320 g/mol. The van der Waals surface area contributed by atoms with E-state index in [-0.39, 0.29) is 0 Å². The Morgan fingerprint density at radius 3 is 1.90 bits per heavy atom. The van der Waals surface area contributed by atoms with Gasteiger partial charge in [0.05, 0.1) is 15.6 Å². The topological polar surface area (TPSA) is 0 Å². The van der Waals surface area contributed by atoms with Crippen molar-refractivity contribution in [1.29, 1.82) is 0 Å². The first kappa shape index (κ1) is 16.9. The van der Waals surface area contributed by atoms with Crippen LogP contribution in [0.15, 0.2) is 48.5 Å². The Bertz CT molecular complexity index is 537. The van der Waals surface area contributed by atoms with Crippen molar-refractivity contribution in [2.75, 3.05) is 0 Å². The van der Waals surface area contributed by atoms with Crippen molar-refractivity contribution >= 4 is 23.2 Å². The van der Waals surface area contributed by atoms with Crippen LogP contribution in [0.4, 0.5) is 13.2 Å². The van der Waals surface area contributed by atoms with E-state index in [4.69, 9.17) is 23.2 Å². The van der Waals surface area contributed by atoms with Crippen molar-refractivity contribution in [2.24, 2.45) is 0 Å². The standard InChI is InChI=1S/C8H8Cl2.C7H5F3/c1-2-6-3-4-7(9)8(10)5-6;8-7(9,10)6-4-2-1-3-5-6/h3-5H,2H2,1H3;1-5H. The lowest BCUT2D eigenvalue weighted by Crippen LogP contribution is -2.03. The van der Waals surface area contributed by atoms with Crippen LogP contribution in [-0.4, -0.2) is 0 Å². The van der Waals surface area contributed by atoms with Gasteiger partial charge in [-0.1, -0.05) is 66.5 Å². The van der Waals surface area contributed by atoms with Crippen LogP contribution in [0.2, 0.25) is 10.0 Å². The van der Waals surface area contributed by atoms with Gasteiger partial charge in [-0.25, -0.2) is 0 Å². The van der Waals surface area contributed by atoms with Crippen LogP contribution >= 0.6 is 23.2 Å². The lowest BCUT2D eigenvalue weighted by Gasteiger charge is -2.03. The first-order chi connectivity index (χ1) is 9.34. The van der Waals surface area contributed by atoms with Gasteiger partial charge in [0, 0.05) is 0 Å². The maximum absolute atomic E-state index is 11.8. The predicted molar refractivity (Wildman–Crippen MR) is 77.3 cm³/mol. The number of halogens is 5. The quantitative estimate of drug-likeness (QED) is 0.581. The molecular formula is C15H13Cl2F3. The third kappa shape index (κ3) is 5.43. The van der Waals surface area contributed by atoms with Gasteiger partial charge in [-0.05, 0) is 24.1 Å². The largest absolute Gasteiger partial charge is 0.416 e. The van der Waals surface area contributed by atoms with Gasteiger partial charge < -0.3 is 0 Å². The van der Waals surface area contributed by atoms with E-state index in [9.17, 15) is 13.2 Å². The predicted octanol–water partition coefficient (Wildman–Crippen LogP) is 6.26. The van der Waals surface area contributed by atoms with Crippen LogP contribution in [0.3, 0.4) is 0 Å². The zero-order valence-corrected chi connectivity index (χ0v) is 12.2. The second kappa shape index (κ2) is 7.55. The van der Waals surface area contributed by atoms with Gasteiger partial charge in [0.2, 0.25) is 0 Å². The minimum Gasteiger partial charge on any atom is -0.166 e. The lowest BCUT2D eigenvalue weighted by molar-refractivity contribution is -0.137. The summed E-state index contributed by atoms with van der Waals surface area (Å²) in [4.78, 5) is 0. The number of hydrogen-bond donors (Lipinski definition) is 0. The van der Waals surface area contributed by atoms with Crippen molar-refractivity contribution < 1.29 is 13.2 Å². The molecule has 0 spiro atoms. The summed E-state index contributed by atoms with van der Waals surface area (Å²) in [5, 5.41) is 1.26. The highest BCUT2D eigenvalue weighted by Gasteiger charge is 2.29. The summed E-state index contributed by atoms with van der Waals surface area (Å²) in [6.07, 6.45) is -3.21. The normalized spacial score (nSPS) is 10.7. The summed E-state index contributed by atoms with van der Waals surface area (Å²) in [6, 6.07) is 12.1. The number of alkyl halides is 3. The molecule has 0 bridgehead atoms. The highest BCUT2D eigenvalue weighted by atomic mass is 35.5. The minimum absolute atomic E-state index is 0.602. The van der Waals surface area contributed by atoms with Gasteiger partial charge in [-0.15, -0.1) is 0 Å². The third-order valence-electron chi connectivity index (χ3n) is 2.49. The molecule has 0 saturated carbocycles. The van der Waals surface area contributed by atoms with Gasteiger partial charge in [-0.2, -0.15) is 13.2 Å². The third-order valence-corrected chi connectivity index (χ3v) is 3.23. The Kier molecular flexibility index (Phi) is 6.37. The van der Waals surface area contributed by atoms with Gasteiger partial charge in [0.25, 0.3) is 0 Å². The molecular weight excluding hydrogens is 308 g/mol. The van der Waals surface area contributed by atoms with Gasteiger partial charge in [-0.3, -0.25) is 0 Å². The van der Waals surface area contributed by atoms with E-state index in [0.717, 1.165) is 18.6 Å². The summed E-state index contributed by atoms with van der Waals surface area (Å²) in [6.45, 7) is 2.08. The van der Waals surface area contributed by atoms with E-state index in [2.05, 4.69) is 6.92 Å². The highest BCUT2D eigenvalue weighted by molar-refractivity contribution is 6.42. The molecule has 20 heavy (non-hydrogen) atoms. The Labute approximate surface area is 126 Å². The van der Waals surface area contributed by atoms with Gasteiger partial charge >= 0.3 is 6.18 Å². The van der Waals surface area contributed by atoms with E-state index in [1.54, 1.807) is 6.07 Å². The van der Waals surface area contributed by atoms with Crippen LogP contribution in [0.1, 0.15) is 18.1 Å². The van der Waals surface area contributed by atoms with E-state index in [1.807, 2.05) is 18.2 Å². The maximum atomic E-state index is 11.8. The highest BCUT2D eigenvalue weighted by Crippen LogP contribution is 2.28. The SMILES string of the molecule is CCc1ccc(Cl)c(Cl)c1.FC(F)(F)c1ccccc1. The van der Waals surface area contributed by atoms with Crippen molar-refractivity contribution in [3.63, 3.8) is 0 Å². The molecule has 2 rings (SSSR count). The molecule has 0 N–H and O–H groups in total. The molecule has 5 heteroatoms. The Morgan fingerprint density at radius 2 is 1.50 bits per heavy atom. The first-order valence-electron chi connectivity index (χ1n) is 5.90. The average molecular weight is 321 g/mol. The van der Waals surface area contributed by atoms with Crippen molar-refractivity contribution in [2.45, 2.75) is 19.5 Å². The summed E-state index contributed by atoms with van der Waals surface area (Å²) in [7, 11) is 0. The zero-order valence-electron chi connectivity index (χ0n) is 10.7. The fourth-order valence-corrected chi connectivity index (χ4v) is 1.71. The summed E-state index contributed by atoms with van der Waals surface area (Å²) in [5.41, 5.74) is 0.615. The lowest BCUT2D eigenvalue weighted by atomic mass is 10.2. The molecule has 0 aliphatic rings. The molecule has 0 fully saturated rings. The zero-order chi connectivity index (χ0) is 15.2. The first-order valence-corrected chi connectivity index (χ1v) is 6.66. The molecule has 0 aliphatic heterocycles.